The van der Waals surface area contributed by atoms with Gasteiger partial charge in [0.15, 0.2) is 0 Å². The molecule has 2 heterocycles. The van der Waals surface area contributed by atoms with Gasteiger partial charge in [0, 0.05) is 24.6 Å². The quantitative estimate of drug-likeness (QED) is 0.844. The van der Waals surface area contributed by atoms with E-state index in [1.165, 1.54) is 0 Å². The highest BCUT2D eigenvalue weighted by Crippen LogP contribution is 2.29. The van der Waals surface area contributed by atoms with Gasteiger partial charge >= 0.3 is 0 Å². The van der Waals surface area contributed by atoms with E-state index in [0.717, 1.165) is 24.5 Å². The first-order valence-electron chi connectivity index (χ1n) is 5.38. The zero-order chi connectivity index (χ0) is 11.8. The van der Waals surface area contributed by atoms with Crippen LogP contribution in [-0.2, 0) is 0 Å². The average molecular weight is 268 g/mol. The molecule has 0 bridgehead atoms. The summed E-state index contributed by atoms with van der Waals surface area (Å²) in [7, 11) is 0. The average Bonchev–Trinajstić information content (AvgIpc) is 2.79. The van der Waals surface area contributed by atoms with Crippen LogP contribution in [0.2, 0.25) is 10.0 Å². The van der Waals surface area contributed by atoms with Gasteiger partial charge in [-0.1, -0.05) is 23.2 Å². The van der Waals surface area contributed by atoms with Crippen LogP contribution in [0.1, 0.15) is 0 Å². The Labute approximate surface area is 110 Å². The van der Waals surface area contributed by atoms with Crippen LogP contribution >= 0.6 is 23.2 Å². The number of hydrogen-bond acceptors (Lipinski definition) is 3. The van der Waals surface area contributed by atoms with Gasteiger partial charge in [-0.25, -0.2) is 0 Å². The van der Waals surface area contributed by atoms with Crippen LogP contribution in [0.25, 0.3) is 0 Å². The maximum atomic E-state index is 6.03. The highest BCUT2D eigenvalue weighted by molar-refractivity contribution is 6.42. The molecular formula is C12H11Cl2N3. The summed E-state index contributed by atoms with van der Waals surface area (Å²) in [5.41, 5.74) is 5.38. The molecule has 0 unspecified atom stereocenters. The van der Waals surface area contributed by atoms with Gasteiger partial charge in [0.05, 0.1) is 22.3 Å². The summed E-state index contributed by atoms with van der Waals surface area (Å²) >= 11 is 11.9. The molecule has 0 radical (unpaired) electrons. The molecule has 2 aliphatic heterocycles. The number of rotatable bonds is 1. The van der Waals surface area contributed by atoms with E-state index in [4.69, 9.17) is 23.2 Å². The molecule has 2 aliphatic rings. The van der Waals surface area contributed by atoms with Gasteiger partial charge in [-0.15, -0.1) is 0 Å². The standard InChI is InChI=1S/C12H11Cl2N3/c13-11-2-1-9(7-12(11)14)16-5-6-17-10(8-16)3-4-15-17/h1-4,7-8,15H,5-6H2. The second-order valence-corrected chi connectivity index (χ2v) is 4.77. The lowest BCUT2D eigenvalue weighted by Crippen LogP contribution is -2.40. The molecule has 0 aromatic heterocycles. The number of nitrogens with zero attached hydrogens (tertiary/aromatic N) is 2. The molecule has 17 heavy (non-hydrogen) atoms. The third-order valence-electron chi connectivity index (χ3n) is 2.88. The van der Waals surface area contributed by atoms with Crippen LogP contribution in [0.4, 0.5) is 5.69 Å². The lowest BCUT2D eigenvalue weighted by Gasteiger charge is -2.32. The van der Waals surface area contributed by atoms with Gasteiger partial charge < -0.3 is 10.3 Å². The van der Waals surface area contributed by atoms with Crippen LogP contribution in [0.15, 0.2) is 42.4 Å². The zero-order valence-electron chi connectivity index (χ0n) is 9.03. The molecule has 5 heteroatoms. The third-order valence-corrected chi connectivity index (χ3v) is 3.62. The maximum Gasteiger partial charge on any atom is 0.0749 e. The third kappa shape index (κ3) is 1.96. The Balaban J connectivity index is 1.92. The molecule has 0 saturated carbocycles. The predicted molar refractivity (Wildman–Crippen MR) is 70.9 cm³/mol. The van der Waals surface area contributed by atoms with Crippen molar-refractivity contribution in [2.75, 3.05) is 18.0 Å². The van der Waals surface area contributed by atoms with Gasteiger partial charge in [-0.05, 0) is 24.3 Å². The van der Waals surface area contributed by atoms with E-state index in [1.54, 1.807) is 0 Å². The Hall–Kier alpha value is -1.32. The number of hydrogen-bond donors (Lipinski definition) is 1. The van der Waals surface area contributed by atoms with Crippen molar-refractivity contribution in [1.82, 2.24) is 10.4 Å². The number of hydrazine groups is 1. The monoisotopic (exact) mass is 267 g/mol. The van der Waals surface area contributed by atoms with Crippen molar-refractivity contribution in [3.05, 3.63) is 52.4 Å². The van der Waals surface area contributed by atoms with E-state index in [0.29, 0.717) is 10.0 Å². The zero-order valence-corrected chi connectivity index (χ0v) is 10.5. The lowest BCUT2D eigenvalue weighted by atomic mass is 10.2. The number of fused-ring (bicyclic) bond motifs is 1. The summed E-state index contributed by atoms with van der Waals surface area (Å²) in [4.78, 5) is 2.17. The van der Waals surface area contributed by atoms with E-state index < -0.39 is 0 Å². The van der Waals surface area contributed by atoms with Gasteiger partial charge in [0.2, 0.25) is 0 Å². The SMILES string of the molecule is Clc1ccc(N2C=C3C=CNN3CC2)cc1Cl. The van der Waals surface area contributed by atoms with Crippen LogP contribution in [0.3, 0.4) is 0 Å². The Bertz CT molecular complexity index is 510. The van der Waals surface area contributed by atoms with Crippen LogP contribution in [0, 0.1) is 0 Å². The van der Waals surface area contributed by atoms with Crippen molar-refractivity contribution in [2.24, 2.45) is 0 Å². The number of halogens is 2. The Morgan fingerprint density at radius 1 is 1.12 bits per heavy atom. The van der Waals surface area contributed by atoms with Crippen molar-refractivity contribution in [3.63, 3.8) is 0 Å². The van der Waals surface area contributed by atoms with Crippen LogP contribution < -0.4 is 10.3 Å². The molecule has 3 rings (SSSR count). The van der Waals surface area contributed by atoms with Crippen molar-refractivity contribution < 1.29 is 0 Å². The van der Waals surface area contributed by atoms with Gasteiger partial charge in [-0.2, -0.15) is 0 Å². The van der Waals surface area contributed by atoms with Crippen molar-refractivity contribution in [3.8, 4) is 0 Å². The smallest absolute Gasteiger partial charge is 0.0749 e. The van der Waals surface area contributed by atoms with E-state index >= 15 is 0 Å². The maximum absolute atomic E-state index is 6.03. The van der Waals surface area contributed by atoms with Crippen molar-refractivity contribution in [2.45, 2.75) is 0 Å². The first kappa shape index (κ1) is 10.8. The summed E-state index contributed by atoms with van der Waals surface area (Å²) in [6.07, 6.45) is 6.08. The molecule has 1 aromatic carbocycles. The molecule has 0 fully saturated rings. The molecule has 3 nitrogen and oxygen atoms in total. The predicted octanol–water partition coefficient (Wildman–Crippen LogP) is 2.99. The van der Waals surface area contributed by atoms with Crippen molar-refractivity contribution >= 4 is 28.9 Å². The Kier molecular flexibility index (Phi) is 2.65. The van der Waals surface area contributed by atoms with E-state index in [-0.39, 0.29) is 0 Å². The minimum Gasteiger partial charge on any atom is -0.344 e. The molecule has 1 N–H and O–H groups in total. The second kappa shape index (κ2) is 4.17. The number of benzene rings is 1. The molecule has 1 aromatic rings. The second-order valence-electron chi connectivity index (χ2n) is 3.96. The fraction of sp³-hybridized carbons (Fsp3) is 0.167. The number of nitrogens with one attached hydrogen (secondary N) is 1. The van der Waals surface area contributed by atoms with E-state index in [2.05, 4.69) is 21.5 Å². The minimum atomic E-state index is 0.587. The van der Waals surface area contributed by atoms with Gasteiger partial charge in [0.25, 0.3) is 0 Å². The lowest BCUT2D eigenvalue weighted by molar-refractivity contribution is 0.309. The first-order chi connectivity index (χ1) is 8.24. The van der Waals surface area contributed by atoms with Crippen LogP contribution in [-0.4, -0.2) is 18.1 Å². The molecule has 0 spiro atoms. The van der Waals surface area contributed by atoms with Crippen molar-refractivity contribution in [1.29, 1.82) is 0 Å². The van der Waals surface area contributed by atoms with Gasteiger partial charge in [-0.3, -0.25) is 5.01 Å². The fourth-order valence-electron chi connectivity index (χ4n) is 1.98. The molecule has 88 valence electrons. The van der Waals surface area contributed by atoms with Crippen LogP contribution in [0.5, 0.6) is 0 Å². The molecule has 0 saturated heterocycles. The fourth-order valence-corrected chi connectivity index (χ4v) is 2.28. The largest absolute Gasteiger partial charge is 0.344 e. The molecular weight excluding hydrogens is 257 g/mol. The molecule has 0 amide bonds. The highest BCUT2D eigenvalue weighted by atomic mass is 35.5. The summed E-state index contributed by atoms with van der Waals surface area (Å²) in [6, 6.07) is 5.70. The normalized spacial score (nSPS) is 17.9. The highest BCUT2D eigenvalue weighted by Gasteiger charge is 2.19. The summed E-state index contributed by atoms with van der Waals surface area (Å²) in [6.45, 7) is 1.84. The summed E-state index contributed by atoms with van der Waals surface area (Å²) in [5.74, 6) is 0. The number of allylic oxidation sites excluding steroid dienone is 1. The molecule has 0 aliphatic carbocycles. The van der Waals surface area contributed by atoms with Gasteiger partial charge in [0.1, 0.15) is 0 Å². The Morgan fingerprint density at radius 3 is 2.82 bits per heavy atom. The summed E-state index contributed by atoms with van der Waals surface area (Å²) < 4.78 is 0. The summed E-state index contributed by atoms with van der Waals surface area (Å²) in [5, 5.41) is 3.28. The van der Waals surface area contributed by atoms with E-state index in [1.807, 2.05) is 30.5 Å². The topological polar surface area (TPSA) is 18.5 Å². The number of anilines is 1. The minimum absolute atomic E-state index is 0.587. The Morgan fingerprint density at radius 2 is 2.00 bits per heavy atom. The van der Waals surface area contributed by atoms with E-state index in [9.17, 15) is 0 Å². The first-order valence-corrected chi connectivity index (χ1v) is 6.13. The molecule has 0 atom stereocenters.